The Morgan fingerprint density at radius 1 is 1.28 bits per heavy atom. The third-order valence-electron chi connectivity index (χ3n) is 3.98. The van der Waals surface area contributed by atoms with Crippen molar-refractivity contribution in [3.8, 4) is 0 Å². The van der Waals surface area contributed by atoms with Crippen molar-refractivity contribution < 1.29 is 14.7 Å². The van der Waals surface area contributed by atoms with Crippen LogP contribution in [0.5, 0.6) is 0 Å². The number of carbonyl (C=O) groups excluding carboxylic acids is 1. The van der Waals surface area contributed by atoms with E-state index in [0.717, 1.165) is 12.8 Å². The number of carboxylic acid groups (broad SMARTS) is 1. The van der Waals surface area contributed by atoms with E-state index in [9.17, 15) is 9.59 Å². The summed E-state index contributed by atoms with van der Waals surface area (Å²) in [6.07, 6.45) is 3.26. The minimum absolute atomic E-state index is 0.126. The first-order valence-corrected chi connectivity index (χ1v) is 6.98. The maximum atomic E-state index is 12.2. The van der Waals surface area contributed by atoms with Gasteiger partial charge < -0.3 is 10.0 Å². The summed E-state index contributed by atoms with van der Waals surface area (Å²) >= 11 is 0. The zero-order valence-corrected chi connectivity index (χ0v) is 11.7. The van der Waals surface area contributed by atoms with Crippen molar-refractivity contribution in [1.82, 2.24) is 4.90 Å². The highest BCUT2D eigenvalue weighted by atomic mass is 16.4. The highest BCUT2D eigenvalue weighted by Crippen LogP contribution is 2.24. The van der Waals surface area contributed by atoms with Crippen molar-refractivity contribution in [2.75, 3.05) is 13.1 Å². The minimum Gasteiger partial charge on any atom is -0.481 e. The first-order chi connectivity index (χ1) is 8.47. The molecule has 0 aromatic carbocycles. The lowest BCUT2D eigenvalue weighted by Gasteiger charge is -2.35. The minimum atomic E-state index is -0.776. The van der Waals surface area contributed by atoms with E-state index in [4.69, 9.17) is 5.11 Å². The van der Waals surface area contributed by atoms with Crippen LogP contribution in [0.25, 0.3) is 0 Å². The Morgan fingerprint density at radius 3 is 2.39 bits per heavy atom. The molecule has 18 heavy (non-hydrogen) atoms. The van der Waals surface area contributed by atoms with Crippen LogP contribution in [0.15, 0.2) is 0 Å². The molecule has 1 heterocycles. The quantitative estimate of drug-likeness (QED) is 0.820. The lowest BCUT2D eigenvalue weighted by Crippen LogP contribution is -2.45. The molecule has 4 heteroatoms. The van der Waals surface area contributed by atoms with Gasteiger partial charge in [0.2, 0.25) is 5.91 Å². The summed E-state index contributed by atoms with van der Waals surface area (Å²) < 4.78 is 0. The zero-order valence-electron chi connectivity index (χ0n) is 11.7. The molecule has 2 atom stereocenters. The maximum absolute atomic E-state index is 12.2. The standard InChI is InChI=1S/C14H25NO3/c1-4-11(5-2)7-13(16)15-8-10(3)6-12(9-15)14(17)18/h10-12H,4-9H2,1-3H3,(H,17,18). The van der Waals surface area contributed by atoms with Crippen LogP contribution in [0, 0.1) is 17.8 Å². The molecule has 0 aromatic heterocycles. The third-order valence-corrected chi connectivity index (χ3v) is 3.98. The average Bonchev–Trinajstić information content (AvgIpc) is 2.34. The van der Waals surface area contributed by atoms with Gasteiger partial charge in [0.15, 0.2) is 0 Å². The predicted octanol–water partition coefficient (Wildman–Crippen LogP) is 2.38. The Hall–Kier alpha value is -1.06. The van der Waals surface area contributed by atoms with Crippen molar-refractivity contribution in [2.24, 2.45) is 17.8 Å². The summed E-state index contributed by atoms with van der Waals surface area (Å²) in [7, 11) is 0. The second kappa shape index (κ2) is 6.76. The Labute approximate surface area is 109 Å². The number of carbonyl (C=O) groups is 2. The molecule has 1 N–H and O–H groups in total. The number of aliphatic carboxylic acids is 1. The molecule has 0 bridgehead atoms. The normalized spacial score (nSPS) is 24.3. The SMILES string of the molecule is CCC(CC)CC(=O)N1CC(C)CC(C(=O)O)C1. The van der Waals surface area contributed by atoms with E-state index in [1.54, 1.807) is 4.90 Å². The fourth-order valence-corrected chi connectivity index (χ4v) is 2.69. The van der Waals surface area contributed by atoms with Crippen LogP contribution >= 0.6 is 0 Å². The third kappa shape index (κ3) is 4.00. The number of amides is 1. The van der Waals surface area contributed by atoms with Gasteiger partial charge in [-0.1, -0.05) is 33.6 Å². The van der Waals surface area contributed by atoms with Gasteiger partial charge in [0.1, 0.15) is 0 Å². The summed E-state index contributed by atoms with van der Waals surface area (Å²) in [5.74, 6) is -0.328. The molecule has 0 aliphatic carbocycles. The van der Waals surface area contributed by atoms with E-state index in [1.165, 1.54) is 0 Å². The highest BCUT2D eigenvalue weighted by molar-refractivity contribution is 5.78. The molecular formula is C14H25NO3. The highest BCUT2D eigenvalue weighted by Gasteiger charge is 2.32. The van der Waals surface area contributed by atoms with E-state index in [1.807, 2.05) is 6.92 Å². The number of piperidine rings is 1. The number of hydrogen-bond acceptors (Lipinski definition) is 2. The molecule has 0 spiro atoms. The first kappa shape index (κ1) is 15.0. The number of hydrogen-bond donors (Lipinski definition) is 1. The molecule has 1 saturated heterocycles. The van der Waals surface area contributed by atoms with Gasteiger partial charge in [-0.15, -0.1) is 0 Å². The van der Waals surface area contributed by atoms with Crippen LogP contribution in [0.2, 0.25) is 0 Å². The van der Waals surface area contributed by atoms with Gasteiger partial charge in [-0.25, -0.2) is 0 Å². The number of nitrogens with zero attached hydrogens (tertiary/aromatic N) is 1. The number of carboxylic acids is 1. The largest absolute Gasteiger partial charge is 0.481 e. The van der Waals surface area contributed by atoms with Crippen molar-refractivity contribution in [1.29, 1.82) is 0 Å². The van der Waals surface area contributed by atoms with E-state index < -0.39 is 5.97 Å². The molecule has 1 aliphatic heterocycles. The number of rotatable bonds is 5. The maximum Gasteiger partial charge on any atom is 0.308 e. The van der Waals surface area contributed by atoms with Crippen molar-refractivity contribution in [2.45, 2.75) is 46.5 Å². The van der Waals surface area contributed by atoms with Gasteiger partial charge in [-0.3, -0.25) is 9.59 Å². The lowest BCUT2D eigenvalue weighted by molar-refractivity contribution is -0.147. The molecule has 4 nitrogen and oxygen atoms in total. The van der Waals surface area contributed by atoms with Crippen molar-refractivity contribution >= 4 is 11.9 Å². The van der Waals surface area contributed by atoms with Gasteiger partial charge in [0.25, 0.3) is 0 Å². The summed E-state index contributed by atoms with van der Waals surface area (Å²) in [6.45, 7) is 7.31. The van der Waals surface area contributed by atoms with Gasteiger partial charge in [0.05, 0.1) is 5.92 Å². The van der Waals surface area contributed by atoms with E-state index >= 15 is 0 Å². The molecule has 1 fully saturated rings. The fraction of sp³-hybridized carbons (Fsp3) is 0.857. The van der Waals surface area contributed by atoms with Crippen LogP contribution in [0.1, 0.15) is 46.5 Å². The van der Waals surface area contributed by atoms with Crippen molar-refractivity contribution in [3.05, 3.63) is 0 Å². The van der Waals surface area contributed by atoms with E-state index in [0.29, 0.717) is 31.8 Å². The Kier molecular flexibility index (Phi) is 5.63. The Bertz CT molecular complexity index is 299. The average molecular weight is 255 g/mol. The first-order valence-electron chi connectivity index (χ1n) is 6.98. The molecule has 0 radical (unpaired) electrons. The smallest absolute Gasteiger partial charge is 0.308 e. The van der Waals surface area contributed by atoms with Crippen LogP contribution in [0.3, 0.4) is 0 Å². The second-order valence-electron chi connectivity index (χ2n) is 5.56. The molecule has 104 valence electrons. The van der Waals surface area contributed by atoms with Crippen LogP contribution in [-0.2, 0) is 9.59 Å². The summed E-state index contributed by atoms with van der Waals surface area (Å²) in [6, 6.07) is 0. The lowest BCUT2D eigenvalue weighted by atomic mass is 9.89. The van der Waals surface area contributed by atoms with Gasteiger partial charge in [0, 0.05) is 19.5 Å². The fourth-order valence-electron chi connectivity index (χ4n) is 2.69. The van der Waals surface area contributed by atoms with E-state index in [-0.39, 0.29) is 17.7 Å². The monoisotopic (exact) mass is 255 g/mol. The van der Waals surface area contributed by atoms with Gasteiger partial charge in [-0.2, -0.15) is 0 Å². The van der Waals surface area contributed by atoms with Gasteiger partial charge >= 0.3 is 5.97 Å². The summed E-state index contributed by atoms with van der Waals surface area (Å²) in [4.78, 5) is 25.0. The van der Waals surface area contributed by atoms with E-state index in [2.05, 4.69) is 13.8 Å². The molecular weight excluding hydrogens is 230 g/mol. The second-order valence-corrected chi connectivity index (χ2v) is 5.56. The molecule has 0 saturated carbocycles. The van der Waals surface area contributed by atoms with Crippen LogP contribution < -0.4 is 0 Å². The molecule has 0 aromatic rings. The van der Waals surface area contributed by atoms with Crippen LogP contribution in [0.4, 0.5) is 0 Å². The number of likely N-dealkylation sites (tertiary alicyclic amines) is 1. The molecule has 2 unspecified atom stereocenters. The van der Waals surface area contributed by atoms with Crippen LogP contribution in [-0.4, -0.2) is 35.0 Å². The Balaban J connectivity index is 2.58. The summed E-state index contributed by atoms with van der Waals surface area (Å²) in [5.41, 5.74) is 0. The summed E-state index contributed by atoms with van der Waals surface area (Å²) in [5, 5.41) is 9.09. The van der Waals surface area contributed by atoms with Crippen molar-refractivity contribution in [3.63, 3.8) is 0 Å². The van der Waals surface area contributed by atoms with Gasteiger partial charge in [-0.05, 0) is 18.3 Å². The molecule has 1 aliphatic rings. The topological polar surface area (TPSA) is 57.6 Å². The predicted molar refractivity (Wildman–Crippen MR) is 70.2 cm³/mol. The molecule has 1 rings (SSSR count). The Morgan fingerprint density at radius 2 is 1.89 bits per heavy atom. The zero-order chi connectivity index (χ0) is 13.7. The molecule has 1 amide bonds.